The topological polar surface area (TPSA) is 106 Å². The lowest BCUT2D eigenvalue weighted by molar-refractivity contribution is -0.123. The Kier molecular flexibility index (Phi) is 4.91. The van der Waals surface area contributed by atoms with Gasteiger partial charge in [-0.1, -0.05) is 20.3 Å². The zero-order valence-electron chi connectivity index (χ0n) is 10.5. The largest absolute Gasteiger partial charge is 0.475 e. The van der Waals surface area contributed by atoms with Gasteiger partial charge in [-0.15, -0.1) is 0 Å². The molecule has 0 aliphatic heterocycles. The molecule has 1 aromatic heterocycles. The fourth-order valence-electron chi connectivity index (χ4n) is 1.39. The number of amides is 1. The van der Waals surface area contributed by atoms with E-state index in [1.54, 1.807) is 0 Å². The van der Waals surface area contributed by atoms with E-state index in [0.717, 1.165) is 6.42 Å². The molecule has 18 heavy (non-hydrogen) atoms. The van der Waals surface area contributed by atoms with E-state index in [1.165, 1.54) is 12.1 Å². The average molecular weight is 254 g/mol. The maximum absolute atomic E-state index is 11.7. The second-order valence-electron chi connectivity index (χ2n) is 4.20. The summed E-state index contributed by atoms with van der Waals surface area (Å²) in [6, 6.07) is 2.29. The molecule has 0 unspecified atom stereocenters. The van der Waals surface area contributed by atoms with Gasteiger partial charge in [-0.05, 0) is 18.1 Å². The zero-order valence-corrected chi connectivity index (χ0v) is 10.5. The minimum atomic E-state index is -1.14. The number of carbonyl (C=O) groups is 2. The van der Waals surface area contributed by atoms with Gasteiger partial charge in [-0.25, -0.2) is 4.79 Å². The first-order valence-electron chi connectivity index (χ1n) is 5.81. The van der Waals surface area contributed by atoms with Gasteiger partial charge in [0.25, 0.3) is 0 Å². The van der Waals surface area contributed by atoms with Gasteiger partial charge < -0.3 is 20.6 Å². The number of nitrogens with two attached hydrogens (primary N) is 1. The molecule has 0 aromatic carbocycles. The molecule has 0 radical (unpaired) electrons. The summed E-state index contributed by atoms with van der Waals surface area (Å²) < 4.78 is 5.01. The molecule has 0 fully saturated rings. The van der Waals surface area contributed by atoms with E-state index >= 15 is 0 Å². The van der Waals surface area contributed by atoms with Gasteiger partial charge in [-0.3, -0.25) is 4.79 Å². The summed E-state index contributed by atoms with van der Waals surface area (Å²) in [5, 5.41) is 11.3. The summed E-state index contributed by atoms with van der Waals surface area (Å²) in [6.07, 6.45) is 0.818. The number of hydrogen-bond acceptors (Lipinski definition) is 4. The van der Waals surface area contributed by atoms with Crippen molar-refractivity contribution in [2.24, 2.45) is 11.7 Å². The normalized spacial score (nSPS) is 13.9. The van der Waals surface area contributed by atoms with Crippen LogP contribution in [0.1, 0.15) is 36.6 Å². The summed E-state index contributed by atoms with van der Waals surface area (Å²) in [7, 11) is 0. The third-order valence-electron chi connectivity index (χ3n) is 2.87. The number of carboxylic acid groups (broad SMARTS) is 1. The van der Waals surface area contributed by atoms with Crippen molar-refractivity contribution in [1.82, 2.24) is 5.32 Å². The third-order valence-corrected chi connectivity index (χ3v) is 2.87. The molecule has 6 heteroatoms. The van der Waals surface area contributed by atoms with Crippen molar-refractivity contribution in [2.45, 2.75) is 32.9 Å². The SMILES string of the molecule is CC[C@H](C)[C@H](N)C(=O)NCc1ccc(C(=O)O)o1. The molecule has 0 saturated heterocycles. The Balaban J connectivity index is 2.49. The molecular weight excluding hydrogens is 236 g/mol. The zero-order chi connectivity index (χ0) is 13.7. The van der Waals surface area contributed by atoms with E-state index in [9.17, 15) is 9.59 Å². The maximum atomic E-state index is 11.7. The molecule has 0 aliphatic carbocycles. The van der Waals surface area contributed by atoms with Gasteiger partial charge in [0.15, 0.2) is 0 Å². The lowest BCUT2D eigenvalue weighted by atomic mass is 9.99. The molecule has 1 aromatic rings. The van der Waals surface area contributed by atoms with Crippen molar-refractivity contribution in [3.8, 4) is 0 Å². The van der Waals surface area contributed by atoms with Crippen LogP contribution in [0.15, 0.2) is 16.5 Å². The van der Waals surface area contributed by atoms with Crippen LogP contribution in [0.5, 0.6) is 0 Å². The highest BCUT2D eigenvalue weighted by Crippen LogP contribution is 2.08. The van der Waals surface area contributed by atoms with Gasteiger partial charge in [0, 0.05) is 0 Å². The van der Waals surface area contributed by atoms with Gasteiger partial charge >= 0.3 is 5.97 Å². The predicted octanol–water partition coefficient (Wildman–Crippen LogP) is 0.967. The van der Waals surface area contributed by atoms with Gasteiger partial charge in [-0.2, -0.15) is 0 Å². The first-order chi connectivity index (χ1) is 8.45. The van der Waals surface area contributed by atoms with Crippen molar-refractivity contribution >= 4 is 11.9 Å². The molecule has 1 heterocycles. The average Bonchev–Trinajstić information content (AvgIpc) is 2.82. The van der Waals surface area contributed by atoms with E-state index in [0.29, 0.717) is 5.76 Å². The standard InChI is InChI=1S/C12H18N2O4/c1-3-7(2)10(13)11(15)14-6-8-4-5-9(18-8)12(16)17/h4-5,7,10H,3,6,13H2,1-2H3,(H,14,15)(H,16,17)/t7-,10-/m0/s1. The summed E-state index contributed by atoms with van der Waals surface area (Å²) in [4.78, 5) is 22.3. The number of carbonyl (C=O) groups excluding carboxylic acids is 1. The van der Waals surface area contributed by atoms with Crippen LogP contribution in [0.4, 0.5) is 0 Å². The van der Waals surface area contributed by atoms with Crippen molar-refractivity contribution in [2.75, 3.05) is 0 Å². The van der Waals surface area contributed by atoms with Crippen molar-refractivity contribution in [1.29, 1.82) is 0 Å². The van der Waals surface area contributed by atoms with E-state index in [-0.39, 0.29) is 24.1 Å². The first kappa shape index (κ1) is 14.2. The van der Waals surface area contributed by atoms with Crippen LogP contribution < -0.4 is 11.1 Å². The van der Waals surface area contributed by atoms with Crippen LogP contribution in [0.2, 0.25) is 0 Å². The van der Waals surface area contributed by atoms with E-state index in [1.807, 2.05) is 13.8 Å². The summed E-state index contributed by atoms with van der Waals surface area (Å²) in [6.45, 7) is 4.00. The Morgan fingerprint density at radius 2 is 2.17 bits per heavy atom. The molecule has 0 spiro atoms. The van der Waals surface area contributed by atoms with Crippen LogP contribution in [0.25, 0.3) is 0 Å². The first-order valence-corrected chi connectivity index (χ1v) is 5.81. The minimum absolute atomic E-state index is 0.0937. The summed E-state index contributed by atoms with van der Waals surface area (Å²) in [5.74, 6) is -1.07. The summed E-state index contributed by atoms with van der Waals surface area (Å²) >= 11 is 0. The number of nitrogens with one attached hydrogen (secondary N) is 1. The van der Waals surface area contributed by atoms with Crippen molar-refractivity contribution in [3.05, 3.63) is 23.7 Å². The minimum Gasteiger partial charge on any atom is -0.475 e. The Morgan fingerprint density at radius 3 is 2.67 bits per heavy atom. The Hall–Kier alpha value is -1.82. The lowest BCUT2D eigenvalue weighted by Crippen LogP contribution is -2.44. The lowest BCUT2D eigenvalue weighted by Gasteiger charge is -2.17. The number of furan rings is 1. The molecule has 6 nitrogen and oxygen atoms in total. The van der Waals surface area contributed by atoms with Gasteiger partial charge in [0.1, 0.15) is 5.76 Å². The third kappa shape index (κ3) is 3.59. The maximum Gasteiger partial charge on any atom is 0.371 e. The van der Waals surface area contributed by atoms with Gasteiger partial charge in [0.2, 0.25) is 11.7 Å². The number of rotatable bonds is 6. The molecule has 2 atom stereocenters. The molecule has 0 bridgehead atoms. The second-order valence-corrected chi connectivity index (χ2v) is 4.20. The van der Waals surface area contributed by atoms with Crippen LogP contribution in [-0.2, 0) is 11.3 Å². The molecule has 1 rings (SSSR count). The fourth-order valence-corrected chi connectivity index (χ4v) is 1.39. The molecule has 100 valence electrons. The highest BCUT2D eigenvalue weighted by Gasteiger charge is 2.19. The summed E-state index contributed by atoms with van der Waals surface area (Å²) in [5.41, 5.74) is 5.75. The molecular formula is C12H18N2O4. The Morgan fingerprint density at radius 1 is 1.50 bits per heavy atom. The quantitative estimate of drug-likeness (QED) is 0.701. The molecule has 0 saturated carbocycles. The number of carboxylic acids is 1. The van der Waals surface area contributed by atoms with Crippen molar-refractivity contribution in [3.63, 3.8) is 0 Å². The Labute approximate surface area is 105 Å². The van der Waals surface area contributed by atoms with Crippen LogP contribution in [-0.4, -0.2) is 23.0 Å². The van der Waals surface area contributed by atoms with E-state index in [2.05, 4.69) is 5.32 Å². The fraction of sp³-hybridized carbons (Fsp3) is 0.500. The molecule has 1 amide bonds. The predicted molar refractivity (Wildman–Crippen MR) is 64.9 cm³/mol. The van der Waals surface area contributed by atoms with Gasteiger partial charge in [0.05, 0.1) is 12.6 Å². The van der Waals surface area contributed by atoms with E-state index < -0.39 is 12.0 Å². The molecule has 4 N–H and O–H groups in total. The highest BCUT2D eigenvalue weighted by atomic mass is 16.4. The van der Waals surface area contributed by atoms with Crippen LogP contribution >= 0.6 is 0 Å². The monoisotopic (exact) mass is 254 g/mol. The molecule has 0 aliphatic rings. The van der Waals surface area contributed by atoms with Crippen LogP contribution in [0.3, 0.4) is 0 Å². The smallest absolute Gasteiger partial charge is 0.371 e. The van der Waals surface area contributed by atoms with Crippen molar-refractivity contribution < 1.29 is 19.1 Å². The number of hydrogen-bond donors (Lipinski definition) is 3. The van der Waals surface area contributed by atoms with Crippen LogP contribution in [0, 0.1) is 5.92 Å². The number of aromatic carboxylic acids is 1. The van der Waals surface area contributed by atoms with E-state index in [4.69, 9.17) is 15.3 Å². The second kappa shape index (κ2) is 6.20. The Bertz CT molecular complexity index is 427. The highest BCUT2D eigenvalue weighted by molar-refractivity contribution is 5.84.